The van der Waals surface area contributed by atoms with Gasteiger partial charge in [0.05, 0.1) is 11.4 Å². The van der Waals surface area contributed by atoms with Crippen molar-refractivity contribution in [2.75, 3.05) is 13.1 Å². The molecule has 2 atom stereocenters. The van der Waals surface area contributed by atoms with Crippen molar-refractivity contribution < 1.29 is 0 Å². The molecule has 30 heavy (non-hydrogen) atoms. The van der Waals surface area contributed by atoms with Crippen LogP contribution in [0, 0.1) is 11.8 Å². The molecule has 2 unspecified atom stereocenters. The molecule has 0 aliphatic carbocycles. The number of aromatic amines is 1. The number of aromatic nitrogens is 3. The minimum Gasteiger partial charge on any atom is -0.297 e. The first-order chi connectivity index (χ1) is 14.7. The molecule has 2 rings (SSSR count). The molecule has 1 heterocycles. The second-order valence-corrected chi connectivity index (χ2v) is 8.91. The number of H-pyrrole nitrogens is 1. The Bertz CT molecular complexity index is 649. The molecule has 0 aliphatic rings. The molecule has 0 saturated carbocycles. The van der Waals surface area contributed by atoms with Gasteiger partial charge < -0.3 is 0 Å². The summed E-state index contributed by atoms with van der Waals surface area (Å²) < 4.78 is 0. The largest absolute Gasteiger partial charge is 0.297 e. The van der Waals surface area contributed by atoms with Crippen LogP contribution in [0.3, 0.4) is 0 Å². The quantitative estimate of drug-likeness (QED) is 0.336. The summed E-state index contributed by atoms with van der Waals surface area (Å²) in [6, 6.07) is 10.6. The molecule has 1 aromatic carbocycles. The van der Waals surface area contributed by atoms with Crippen LogP contribution in [0.15, 0.2) is 30.3 Å². The third kappa shape index (κ3) is 8.59. The summed E-state index contributed by atoms with van der Waals surface area (Å²) in [4.78, 5) is 2.68. The van der Waals surface area contributed by atoms with E-state index in [4.69, 9.17) is 0 Å². The van der Waals surface area contributed by atoms with Crippen LogP contribution in [-0.2, 0) is 13.0 Å². The fraction of sp³-hybridized carbons (Fsp3) is 0.692. The van der Waals surface area contributed by atoms with E-state index in [-0.39, 0.29) is 0 Å². The number of unbranched alkanes of at least 4 members (excludes halogenated alkanes) is 2. The molecule has 4 heteroatoms. The number of rotatable bonds is 16. The van der Waals surface area contributed by atoms with Crippen molar-refractivity contribution in [1.82, 2.24) is 20.3 Å². The van der Waals surface area contributed by atoms with E-state index in [0.717, 1.165) is 36.2 Å². The summed E-state index contributed by atoms with van der Waals surface area (Å²) in [5.74, 6) is 1.55. The number of nitrogens with one attached hydrogen (secondary N) is 1. The summed E-state index contributed by atoms with van der Waals surface area (Å²) in [5, 5.41) is 12.0. The van der Waals surface area contributed by atoms with Gasteiger partial charge in [-0.3, -0.25) is 4.90 Å². The first-order valence-corrected chi connectivity index (χ1v) is 12.3. The molecule has 0 aliphatic heterocycles. The van der Waals surface area contributed by atoms with Gasteiger partial charge in [-0.1, -0.05) is 96.6 Å². The van der Waals surface area contributed by atoms with Crippen LogP contribution in [0.5, 0.6) is 0 Å². The van der Waals surface area contributed by atoms with Crippen molar-refractivity contribution in [3.63, 3.8) is 0 Å². The van der Waals surface area contributed by atoms with E-state index in [0.29, 0.717) is 0 Å². The third-order valence-electron chi connectivity index (χ3n) is 6.41. The SMILES string of the molecule is CCCCC(CC)CN(Cc1n[nH]nc1Cc1ccccc1)CC(CC)CCCC. The zero-order chi connectivity index (χ0) is 21.6. The molecule has 0 spiro atoms. The number of nitrogens with zero attached hydrogens (tertiary/aromatic N) is 3. The maximum Gasteiger partial charge on any atom is 0.1000 e. The molecule has 0 amide bonds. The predicted octanol–water partition coefficient (Wildman–Crippen LogP) is 6.63. The van der Waals surface area contributed by atoms with Gasteiger partial charge in [-0.05, 0) is 30.2 Å². The normalized spacial score (nSPS) is 13.6. The molecule has 2 aromatic rings. The van der Waals surface area contributed by atoms with Gasteiger partial charge in [0.1, 0.15) is 0 Å². The Morgan fingerprint density at radius 1 is 0.800 bits per heavy atom. The predicted molar refractivity (Wildman–Crippen MR) is 128 cm³/mol. The van der Waals surface area contributed by atoms with Crippen LogP contribution in [0.2, 0.25) is 0 Å². The zero-order valence-corrected chi connectivity index (χ0v) is 19.9. The minimum absolute atomic E-state index is 0.776. The highest BCUT2D eigenvalue weighted by molar-refractivity contribution is 5.23. The third-order valence-corrected chi connectivity index (χ3v) is 6.41. The molecule has 0 fully saturated rings. The summed E-state index contributed by atoms with van der Waals surface area (Å²) in [7, 11) is 0. The topological polar surface area (TPSA) is 44.8 Å². The number of hydrogen-bond acceptors (Lipinski definition) is 3. The van der Waals surface area contributed by atoms with Crippen molar-refractivity contribution in [2.45, 2.75) is 92.0 Å². The molecule has 1 aromatic heterocycles. The fourth-order valence-corrected chi connectivity index (χ4v) is 4.31. The lowest BCUT2D eigenvalue weighted by Crippen LogP contribution is -2.34. The molecule has 168 valence electrons. The smallest absolute Gasteiger partial charge is 0.1000 e. The van der Waals surface area contributed by atoms with Crippen LogP contribution in [0.1, 0.15) is 96.0 Å². The van der Waals surface area contributed by atoms with E-state index in [1.165, 1.54) is 70.0 Å². The van der Waals surface area contributed by atoms with Gasteiger partial charge in [0.15, 0.2) is 0 Å². The molecule has 4 nitrogen and oxygen atoms in total. The van der Waals surface area contributed by atoms with Gasteiger partial charge in [-0.25, -0.2) is 0 Å². The van der Waals surface area contributed by atoms with Gasteiger partial charge in [-0.15, -0.1) is 0 Å². The molecule has 0 saturated heterocycles. The molecule has 1 N–H and O–H groups in total. The Balaban J connectivity index is 2.10. The lowest BCUT2D eigenvalue weighted by Gasteiger charge is -2.30. The first-order valence-electron chi connectivity index (χ1n) is 12.3. The molecule has 0 bridgehead atoms. The van der Waals surface area contributed by atoms with E-state index in [1.807, 2.05) is 0 Å². The summed E-state index contributed by atoms with van der Waals surface area (Å²) >= 11 is 0. The van der Waals surface area contributed by atoms with Crippen LogP contribution in [-0.4, -0.2) is 33.4 Å². The van der Waals surface area contributed by atoms with Crippen LogP contribution >= 0.6 is 0 Å². The summed E-state index contributed by atoms with van der Waals surface area (Å²) in [6.45, 7) is 12.6. The lowest BCUT2D eigenvalue weighted by molar-refractivity contribution is 0.172. The summed E-state index contributed by atoms with van der Waals surface area (Å²) in [5.41, 5.74) is 3.51. The van der Waals surface area contributed by atoms with Crippen molar-refractivity contribution in [3.05, 3.63) is 47.3 Å². The monoisotopic (exact) mass is 412 g/mol. The number of benzene rings is 1. The average molecular weight is 413 g/mol. The van der Waals surface area contributed by atoms with Gasteiger partial charge in [-0.2, -0.15) is 15.4 Å². The Kier molecular flexibility index (Phi) is 11.8. The highest BCUT2D eigenvalue weighted by Gasteiger charge is 2.20. The fourth-order valence-electron chi connectivity index (χ4n) is 4.31. The van der Waals surface area contributed by atoms with Crippen LogP contribution in [0.25, 0.3) is 0 Å². The maximum absolute atomic E-state index is 4.56. The average Bonchev–Trinajstić information content (AvgIpc) is 3.20. The minimum atomic E-state index is 0.776. The van der Waals surface area contributed by atoms with E-state index < -0.39 is 0 Å². The van der Waals surface area contributed by atoms with E-state index >= 15 is 0 Å². The Labute approximate surface area is 184 Å². The highest BCUT2D eigenvalue weighted by atomic mass is 15.3. The van der Waals surface area contributed by atoms with Gasteiger partial charge in [0, 0.05) is 26.1 Å². The summed E-state index contributed by atoms with van der Waals surface area (Å²) in [6.07, 6.45) is 11.3. The molecular formula is C26H44N4. The second kappa shape index (κ2) is 14.3. The van der Waals surface area contributed by atoms with Crippen LogP contribution in [0.4, 0.5) is 0 Å². The van der Waals surface area contributed by atoms with E-state index in [2.05, 4.69) is 78.3 Å². The first kappa shape index (κ1) is 24.6. The Morgan fingerprint density at radius 2 is 1.37 bits per heavy atom. The van der Waals surface area contributed by atoms with Gasteiger partial charge >= 0.3 is 0 Å². The van der Waals surface area contributed by atoms with Crippen molar-refractivity contribution in [1.29, 1.82) is 0 Å². The van der Waals surface area contributed by atoms with E-state index in [9.17, 15) is 0 Å². The standard InChI is InChI=1S/C26H44N4/c1-5-9-14-22(7-3)19-30(20-23(8-4)15-10-6-2)21-26-25(27-29-28-26)18-24-16-12-11-13-17-24/h11-13,16-17,22-23H,5-10,14-15,18-21H2,1-4H3,(H,27,28,29). The Morgan fingerprint density at radius 3 is 1.90 bits per heavy atom. The van der Waals surface area contributed by atoms with Crippen molar-refractivity contribution in [3.8, 4) is 0 Å². The number of hydrogen-bond donors (Lipinski definition) is 1. The zero-order valence-electron chi connectivity index (χ0n) is 19.9. The molecule has 0 radical (unpaired) electrons. The van der Waals surface area contributed by atoms with Crippen molar-refractivity contribution in [2.24, 2.45) is 11.8 Å². The van der Waals surface area contributed by atoms with Gasteiger partial charge in [0.2, 0.25) is 0 Å². The lowest BCUT2D eigenvalue weighted by atomic mass is 9.95. The Hall–Kier alpha value is -1.68. The van der Waals surface area contributed by atoms with E-state index in [1.54, 1.807) is 0 Å². The van der Waals surface area contributed by atoms with Crippen molar-refractivity contribution >= 4 is 0 Å². The highest BCUT2D eigenvalue weighted by Crippen LogP contribution is 2.21. The second-order valence-electron chi connectivity index (χ2n) is 8.91. The molecular weight excluding hydrogens is 368 g/mol. The van der Waals surface area contributed by atoms with Gasteiger partial charge in [0.25, 0.3) is 0 Å². The van der Waals surface area contributed by atoms with Crippen LogP contribution < -0.4 is 0 Å². The maximum atomic E-state index is 4.56.